The van der Waals surface area contributed by atoms with Gasteiger partial charge in [-0.2, -0.15) is 0 Å². The maximum Gasteiger partial charge on any atom is 0.234 e. The van der Waals surface area contributed by atoms with Crippen LogP contribution in [0, 0.1) is 27.7 Å². The van der Waals surface area contributed by atoms with Crippen molar-refractivity contribution in [1.29, 1.82) is 0 Å². The minimum absolute atomic E-state index is 0.0690. The second-order valence-electron chi connectivity index (χ2n) is 7.88. The van der Waals surface area contributed by atoms with E-state index in [1.807, 2.05) is 66.9 Å². The number of rotatable bonds is 6. The third kappa shape index (κ3) is 4.60. The summed E-state index contributed by atoms with van der Waals surface area (Å²) in [6.07, 6.45) is 0. The third-order valence-corrected chi connectivity index (χ3v) is 6.41. The number of hydrogen-bond acceptors (Lipinski definition) is 4. The number of aromatic nitrogens is 3. The molecule has 162 valence electrons. The molecule has 0 aliphatic carbocycles. The normalized spacial score (nSPS) is 10.9. The van der Waals surface area contributed by atoms with E-state index in [1.165, 1.54) is 11.8 Å². The Balaban J connectivity index is 1.64. The number of nitrogens with one attached hydrogen (secondary N) is 1. The van der Waals surface area contributed by atoms with Gasteiger partial charge in [0.2, 0.25) is 5.91 Å². The Morgan fingerprint density at radius 1 is 0.906 bits per heavy atom. The summed E-state index contributed by atoms with van der Waals surface area (Å²) in [6.45, 7) is 8.20. The SMILES string of the molecule is Cc1ccc(C)c(-n2c(SCC(=O)Nc3cccc(C)c3C)nnc2-c2ccccc2)c1. The number of carbonyl (C=O) groups excluding carboxylic acids is 1. The smallest absolute Gasteiger partial charge is 0.234 e. The van der Waals surface area contributed by atoms with Crippen LogP contribution in [0.4, 0.5) is 5.69 Å². The lowest BCUT2D eigenvalue weighted by Gasteiger charge is -2.14. The van der Waals surface area contributed by atoms with Gasteiger partial charge in [0, 0.05) is 11.3 Å². The Kier molecular flexibility index (Phi) is 6.42. The van der Waals surface area contributed by atoms with Gasteiger partial charge in [-0.05, 0) is 62.1 Å². The summed E-state index contributed by atoms with van der Waals surface area (Å²) < 4.78 is 2.05. The van der Waals surface area contributed by atoms with Crippen LogP contribution in [0.1, 0.15) is 22.3 Å². The number of hydrogen-bond donors (Lipinski definition) is 1. The van der Waals surface area contributed by atoms with Crippen LogP contribution in [0.3, 0.4) is 0 Å². The number of anilines is 1. The van der Waals surface area contributed by atoms with Crippen molar-refractivity contribution in [3.8, 4) is 17.1 Å². The van der Waals surface area contributed by atoms with Crippen LogP contribution >= 0.6 is 11.8 Å². The fraction of sp³-hybridized carbons (Fsp3) is 0.192. The summed E-state index contributed by atoms with van der Waals surface area (Å²) in [6, 6.07) is 22.2. The Bertz CT molecular complexity index is 1260. The second-order valence-corrected chi connectivity index (χ2v) is 8.82. The summed E-state index contributed by atoms with van der Waals surface area (Å²) in [5.74, 6) is 0.933. The molecule has 6 heteroatoms. The average molecular weight is 443 g/mol. The van der Waals surface area contributed by atoms with E-state index < -0.39 is 0 Å². The van der Waals surface area contributed by atoms with E-state index in [-0.39, 0.29) is 11.7 Å². The molecule has 32 heavy (non-hydrogen) atoms. The molecule has 0 bridgehead atoms. The molecule has 0 unspecified atom stereocenters. The highest BCUT2D eigenvalue weighted by Crippen LogP contribution is 2.30. The van der Waals surface area contributed by atoms with Gasteiger partial charge in [-0.3, -0.25) is 9.36 Å². The zero-order valence-corrected chi connectivity index (χ0v) is 19.5. The zero-order chi connectivity index (χ0) is 22.7. The molecular weight excluding hydrogens is 416 g/mol. The maximum absolute atomic E-state index is 12.7. The molecule has 0 atom stereocenters. The van der Waals surface area contributed by atoms with Crippen LogP contribution in [-0.2, 0) is 4.79 Å². The van der Waals surface area contributed by atoms with Crippen molar-refractivity contribution in [3.63, 3.8) is 0 Å². The molecule has 4 rings (SSSR count). The van der Waals surface area contributed by atoms with Gasteiger partial charge < -0.3 is 5.32 Å². The van der Waals surface area contributed by atoms with Crippen LogP contribution in [0.25, 0.3) is 17.1 Å². The number of benzene rings is 3. The van der Waals surface area contributed by atoms with Crippen molar-refractivity contribution in [2.24, 2.45) is 0 Å². The molecule has 0 spiro atoms. The second kappa shape index (κ2) is 9.40. The molecule has 1 amide bonds. The Morgan fingerprint density at radius 2 is 1.69 bits per heavy atom. The van der Waals surface area contributed by atoms with Crippen molar-refractivity contribution in [2.75, 3.05) is 11.1 Å². The molecule has 0 saturated carbocycles. The highest BCUT2D eigenvalue weighted by Gasteiger charge is 2.19. The quantitative estimate of drug-likeness (QED) is 0.378. The Morgan fingerprint density at radius 3 is 2.47 bits per heavy atom. The number of nitrogens with zero attached hydrogens (tertiary/aromatic N) is 3. The lowest BCUT2D eigenvalue weighted by Crippen LogP contribution is -2.15. The van der Waals surface area contributed by atoms with Gasteiger partial charge in [0.05, 0.1) is 11.4 Å². The van der Waals surface area contributed by atoms with Crippen molar-refractivity contribution in [2.45, 2.75) is 32.9 Å². The van der Waals surface area contributed by atoms with Gasteiger partial charge in [-0.25, -0.2) is 0 Å². The van der Waals surface area contributed by atoms with E-state index in [2.05, 4.69) is 47.6 Å². The fourth-order valence-electron chi connectivity index (χ4n) is 3.52. The number of amides is 1. The van der Waals surface area contributed by atoms with E-state index in [9.17, 15) is 4.79 Å². The van der Waals surface area contributed by atoms with Gasteiger partial charge in [0.1, 0.15) is 0 Å². The van der Waals surface area contributed by atoms with Crippen LogP contribution in [-0.4, -0.2) is 26.4 Å². The van der Waals surface area contributed by atoms with Crippen LogP contribution < -0.4 is 5.32 Å². The van der Waals surface area contributed by atoms with Gasteiger partial charge in [-0.15, -0.1) is 10.2 Å². The van der Waals surface area contributed by atoms with Crippen molar-refractivity contribution in [3.05, 3.63) is 89.0 Å². The maximum atomic E-state index is 12.7. The summed E-state index contributed by atoms with van der Waals surface area (Å²) >= 11 is 1.39. The van der Waals surface area contributed by atoms with E-state index in [0.29, 0.717) is 5.16 Å². The average Bonchev–Trinajstić information content (AvgIpc) is 3.21. The predicted molar refractivity (Wildman–Crippen MR) is 132 cm³/mol. The molecule has 0 fully saturated rings. The third-order valence-electron chi connectivity index (χ3n) is 5.48. The molecule has 1 aromatic heterocycles. The molecule has 0 saturated heterocycles. The monoisotopic (exact) mass is 442 g/mol. The minimum atomic E-state index is -0.0690. The van der Waals surface area contributed by atoms with Crippen molar-refractivity contribution < 1.29 is 4.79 Å². The summed E-state index contributed by atoms with van der Waals surface area (Å²) in [5.41, 5.74) is 7.35. The largest absolute Gasteiger partial charge is 0.325 e. The number of thioether (sulfide) groups is 1. The van der Waals surface area contributed by atoms with E-state index in [4.69, 9.17) is 0 Å². The van der Waals surface area contributed by atoms with Gasteiger partial charge in [0.25, 0.3) is 0 Å². The first-order chi connectivity index (χ1) is 15.4. The van der Waals surface area contributed by atoms with Gasteiger partial charge in [-0.1, -0.05) is 66.4 Å². The topological polar surface area (TPSA) is 59.8 Å². The first-order valence-electron chi connectivity index (χ1n) is 10.5. The van der Waals surface area contributed by atoms with Crippen molar-refractivity contribution >= 4 is 23.4 Å². The predicted octanol–water partition coefficient (Wildman–Crippen LogP) is 5.90. The van der Waals surface area contributed by atoms with E-state index in [1.54, 1.807) is 0 Å². The van der Waals surface area contributed by atoms with Crippen LogP contribution in [0.15, 0.2) is 71.9 Å². The molecule has 5 nitrogen and oxygen atoms in total. The van der Waals surface area contributed by atoms with Crippen LogP contribution in [0.2, 0.25) is 0 Å². The molecular formula is C26H26N4OS. The lowest BCUT2D eigenvalue weighted by atomic mass is 10.1. The summed E-state index contributed by atoms with van der Waals surface area (Å²) in [4.78, 5) is 12.7. The van der Waals surface area contributed by atoms with E-state index in [0.717, 1.165) is 45.0 Å². The molecule has 1 N–H and O–H groups in total. The lowest BCUT2D eigenvalue weighted by molar-refractivity contribution is -0.113. The molecule has 3 aromatic carbocycles. The number of carbonyl (C=O) groups is 1. The minimum Gasteiger partial charge on any atom is -0.325 e. The summed E-state index contributed by atoms with van der Waals surface area (Å²) in [5, 5.41) is 12.6. The van der Waals surface area contributed by atoms with Crippen LogP contribution in [0.5, 0.6) is 0 Å². The van der Waals surface area contributed by atoms with Gasteiger partial charge in [0.15, 0.2) is 11.0 Å². The highest BCUT2D eigenvalue weighted by molar-refractivity contribution is 7.99. The molecule has 0 aliphatic heterocycles. The fourth-order valence-corrected chi connectivity index (χ4v) is 4.26. The molecule has 0 radical (unpaired) electrons. The standard InChI is InChI=1S/C26H26N4OS/c1-17-13-14-19(3)23(15-17)30-25(21-10-6-5-7-11-21)28-29-26(30)32-16-24(31)27-22-12-8-9-18(2)20(22)4/h5-15H,16H2,1-4H3,(H,27,31). The van der Waals surface area contributed by atoms with Crippen molar-refractivity contribution in [1.82, 2.24) is 14.8 Å². The van der Waals surface area contributed by atoms with E-state index >= 15 is 0 Å². The molecule has 0 aliphatic rings. The first kappa shape index (κ1) is 21.8. The van der Waals surface area contributed by atoms with Gasteiger partial charge >= 0.3 is 0 Å². The number of aryl methyl sites for hydroxylation is 3. The Labute approximate surface area is 192 Å². The summed E-state index contributed by atoms with van der Waals surface area (Å²) in [7, 11) is 0. The molecule has 4 aromatic rings. The highest BCUT2D eigenvalue weighted by atomic mass is 32.2. The molecule has 1 heterocycles. The first-order valence-corrected chi connectivity index (χ1v) is 11.5. The Hall–Kier alpha value is -3.38. The zero-order valence-electron chi connectivity index (χ0n) is 18.7.